The first-order valence-electron chi connectivity index (χ1n) is 6.80. The smallest absolute Gasteiger partial charge is 0.325 e. The van der Waals surface area contributed by atoms with Gasteiger partial charge in [-0.1, -0.05) is 20.8 Å². The fourth-order valence-electron chi connectivity index (χ4n) is 2.49. The van der Waals surface area contributed by atoms with Crippen LogP contribution < -0.4 is 10.6 Å². The topological polar surface area (TPSA) is 96.3 Å². The summed E-state index contributed by atoms with van der Waals surface area (Å²) in [5.41, 5.74) is 0.211. The molecule has 7 heteroatoms. The Morgan fingerprint density at radius 1 is 1.29 bits per heavy atom. The summed E-state index contributed by atoms with van der Waals surface area (Å²) in [6.07, 6.45) is 3.72. The number of carbonyl (C=O) groups excluding carboxylic acids is 1. The number of carbonyl (C=O) groups is 2. The van der Waals surface area contributed by atoms with Crippen molar-refractivity contribution in [3.05, 3.63) is 12.4 Å². The van der Waals surface area contributed by atoms with Crippen molar-refractivity contribution in [2.24, 2.45) is 5.41 Å². The molecule has 0 aromatic carbocycles. The Hall–Kier alpha value is -2.05. The number of hydrogen-bond acceptors (Lipinski definition) is 3. The van der Waals surface area contributed by atoms with E-state index < -0.39 is 5.97 Å². The van der Waals surface area contributed by atoms with Crippen molar-refractivity contribution in [3.8, 4) is 0 Å². The fraction of sp³-hybridized carbons (Fsp3) is 0.643. The largest absolute Gasteiger partial charge is 0.480 e. The van der Waals surface area contributed by atoms with Crippen LogP contribution in [-0.2, 0) is 11.3 Å². The minimum atomic E-state index is -0.986. The molecule has 2 amide bonds. The maximum atomic E-state index is 12.0. The van der Waals surface area contributed by atoms with Crippen LogP contribution in [-0.4, -0.2) is 32.4 Å². The number of nitrogens with one attached hydrogen (secondary N) is 2. The second kappa shape index (κ2) is 6.15. The van der Waals surface area contributed by atoms with Gasteiger partial charge < -0.3 is 15.7 Å². The van der Waals surface area contributed by atoms with E-state index >= 15 is 0 Å². The van der Waals surface area contributed by atoms with Gasteiger partial charge >= 0.3 is 12.0 Å². The Morgan fingerprint density at radius 3 is 2.43 bits per heavy atom. The zero-order valence-electron chi connectivity index (χ0n) is 13.2. The second-order valence-electron chi connectivity index (χ2n) is 7.02. The molecule has 0 aliphatic carbocycles. The molecule has 0 aliphatic heterocycles. The molecule has 0 saturated heterocycles. The number of aromatic nitrogens is 2. The van der Waals surface area contributed by atoms with Crippen molar-refractivity contribution in [3.63, 3.8) is 0 Å². The SMILES string of the molecule is CC(C)(C)CC(C)(C)NC(=O)Nc1cnn(CC(=O)O)c1. The molecule has 0 atom stereocenters. The third-order valence-electron chi connectivity index (χ3n) is 2.61. The van der Waals surface area contributed by atoms with E-state index in [1.165, 1.54) is 17.1 Å². The molecule has 0 bridgehead atoms. The lowest BCUT2D eigenvalue weighted by molar-refractivity contribution is -0.137. The van der Waals surface area contributed by atoms with E-state index in [-0.39, 0.29) is 23.5 Å². The summed E-state index contributed by atoms with van der Waals surface area (Å²) in [7, 11) is 0. The van der Waals surface area contributed by atoms with Gasteiger partial charge in [0.25, 0.3) is 0 Å². The highest BCUT2D eigenvalue weighted by Crippen LogP contribution is 2.26. The Kier molecular flexibility index (Phi) is 4.98. The summed E-state index contributed by atoms with van der Waals surface area (Å²) in [5.74, 6) is -0.986. The second-order valence-corrected chi connectivity index (χ2v) is 7.02. The Balaban J connectivity index is 2.57. The zero-order chi connectivity index (χ0) is 16.3. The molecule has 0 saturated carbocycles. The van der Waals surface area contributed by atoms with Crippen LogP contribution in [0, 0.1) is 5.41 Å². The standard InChI is InChI=1S/C14H24N4O3/c1-13(2,3)9-14(4,5)17-12(21)16-10-6-15-18(7-10)8-11(19)20/h6-7H,8-9H2,1-5H3,(H,19,20)(H2,16,17,21). The molecule has 7 nitrogen and oxygen atoms in total. The maximum Gasteiger partial charge on any atom is 0.325 e. The normalized spacial score (nSPS) is 12.0. The molecule has 0 spiro atoms. The number of rotatable bonds is 5. The Labute approximate surface area is 124 Å². The number of carboxylic acids is 1. The number of aliphatic carboxylic acids is 1. The molecule has 1 aromatic heterocycles. The van der Waals surface area contributed by atoms with Gasteiger partial charge in [-0.05, 0) is 25.7 Å². The van der Waals surface area contributed by atoms with Gasteiger partial charge in [-0.15, -0.1) is 0 Å². The Morgan fingerprint density at radius 2 is 1.90 bits per heavy atom. The van der Waals surface area contributed by atoms with E-state index in [0.717, 1.165) is 6.42 Å². The first-order valence-corrected chi connectivity index (χ1v) is 6.80. The van der Waals surface area contributed by atoms with Crippen molar-refractivity contribution in [2.45, 2.75) is 53.1 Å². The monoisotopic (exact) mass is 296 g/mol. The lowest BCUT2D eigenvalue weighted by Crippen LogP contribution is -2.47. The molecule has 1 heterocycles. The van der Waals surface area contributed by atoms with Crippen molar-refractivity contribution < 1.29 is 14.7 Å². The van der Waals surface area contributed by atoms with E-state index in [0.29, 0.717) is 5.69 Å². The summed E-state index contributed by atoms with van der Waals surface area (Å²) in [6.45, 7) is 10.0. The van der Waals surface area contributed by atoms with Gasteiger partial charge in [-0.25, -0.2) is 4.79 Å². The Bertz CT molecular complexity index is 515. The summed E-state index contributed by atoms with van der Waals surface area (Å²) in [4.78, 5) is 22.5. The zero-order valence-corrected chi connectivity index (χ0v) is 13.2. The number of hydrogen-bond donors (Lipinski definition) is 3. The van der Waals surface area contributed by atoms with Crippen LogP contribution in [0.1, 0.15) is 41.0 Å². The number of carboxylic acid groups (broad SMARTS) is 1. The van der Waals surface area contributed by atoms with Crippen molar-refractivity contribution >= 4 is 17.7 Å². The lowest BCUT2D eigenvalue weighted by Gasteiger charge is -2.33. The van der Waals surface area contributed by atoms with E-state index in [1.54, 1.807) is 0 Å². The summed E-state index contributed by atoms with van der Waals surface area (Å²) in [5, 5.41) is 18.1. The number of urea groups is 1. The molecule has 1 aromatic rings. The van der Waals surface area contributed by atoms with Crippen molar-refractivity contribution in [1.82, 2.24) is 15.1 Å². The third kappa shape index (κ3) is 6.78. The predicted octanol–water partition coefficient (Wildman–Crippen LogP) is 2.30. The predicted molar refractivity (Wildman–Crippen MR) is 80.2 cm³/mol. The first-order chi connectivity index (χ1) is 9.47. The highest BCUT2D eigenvalue weighted by Gasteiger charge is 2.27. The number of anilines is 1. The van der Waals surface area contributed by atoms with E-state index in [9.17, 15) is 9.59 Å². The van der Waals surface area contributed by atoms with Crippen LogP contribution in [0.3, 0.4) is 0 Å². The quantitative estimate of drug-likeness (QED) is 0.776. The lowest BCUT2D eigenvalue weighted by atomic mass is 9.82. The van der Waals surface area contributed by atoms with E-state index in [2.05, 4.69) is 36.5 Å². The van der Waals surface area contributed by atoms with E-state index in [4.69, 9.17) is 5.11 Å². The van der Waals surface area contributed by atoms with E-state index in [1.807, 2.05) is 13.8 Å². The van der Waals surface area contributed by atoms with Crippen LogP contribution >= 0.6 is 0 Å². The van der Waals surface area contributed by atoms with Crippen LogP contribution in [0.4, 0.5) is 10.5 Å². The maximum absolute atomic E-state index is 12.0. The molecule has 0 unspecified atom stereocenters. The molecule has 118 valence electrons. The first kappa shape index (κ1) is 17.0. The van der Waals surface area contributed by atoms with Gasteiger partial charge in [0.1, 0.15) is 6.54 Å². The summed E-state index contributed by atoms with van der Waals surface area (Å²) in [6, 6.07) is -0.334. The molecule has 21 heavy (non-hydrogen) atoms. The molecular weight excluding hydrogens is 272 g/mol. The van der Waals surface area contributed by atoms with Crippen LogP contribution in [0.15, 0.2) is 12.4 Å². The molecule has 1 rings (SSSR count). The van der Waals surface area contributed by atoms with Gasteiger partial charge in [0.2, 0.25) is 0 Å². The van der Waals surface area contributed by atoms with Crippen LogP contribution in [0.5, 0.6) is 0 Å². The highest BCUT2D eigenvalue weighted by molar-refractivity contribution is 5.89. The van der Waals surface area contributed by atoms with Gasteiger partial charge in [0.05, 0.1) is 11.9 Å². The van der Waals surface area contributed by atoms with Gasteiger partial charge in [-0.3, -0.25) is 9.48 Å². The molecular formula is C14H24N4O3. The van der Waals surface area contributed by atoms with Crippen LogP contribution in [0.25, 0.3) is 0 Å². The van der Waals surface area contributed by atoms with Gasteiger partial charge in [-0.2, -0.15) is 5.10 Å². The molecule has 0 fully saturated rings. The summed E-state index contributed by atoms with van der Waals surface area (Å²) < 4.78 is 1.25. The molecule has 3 N–H and O–H groups in total. The minimum absolute atomic E-state index is 0.100. The van der Waals surface area contributed by atoms with Crippen molar-refractivity contribution in [1.29, 1.82) is 0 Å². The fourth-order valence-corrected chi connectivity index (χ4v) is 2.49. The van der Waals surface area contributed by atoms with Gasteiger partial charge in [0, 0.05) is 11.7 Å². The number of amides is 2. The minimum Gasteiger partial charge on any atom is -0.480 e. The van der Waals surface area contributed by atoms with Crippen molar-refractivity contribution in [2.75, 3.05) is 5.32 Å². The average Bonchev–Trinajstić information content (AvgIpc) is 2.58. The average molecular weight is 296 g/mol. The van der Waals surface area contributed by atoms with Crippen LogP contribution in [0.2, 0.25) is 0 Å². The third-order valence-corrected chi connectivity index (χ3v) is 2.61. The summed E-state index contributed by atoms with van der Waals surface area (Å²) >= 11 is 0. The molecule has 0 radical (unpaired) electrons. The van der Waals surface area contributed by atoms with Gasteiger partial charge in [0.15, 0.2) is 0 Å². The highest BCUT2D eigenvalue weighted by atomic mass is 16.4. The number of nitrogens with zero attached hydrogens (tertiary/aromatic N) is 2. The molecule has 0 aliphatic rings.